The third kappa shape index (κ3) is 4.58. The van der Waals surface area contributed by atoms with Gasteiger partial charge in [0.15, 0.2) is 0 Å². The predicted octanol–water partition coefficient (Wildman–Crippen LogP) is 2.89. The topological polar surface area (TPSA) is 71.7 Å². The fourth-order valence-corrected chi connectivity index (χ4v) is 2.00. The van der Waals surface area contributed by atoms with Crippen LogP contribution in [0.2, 0.25) is 0 Å². The molecule has 2 N–H and O–H groups in total. The molecule has 0 aliphatic rings. The van der Waals surface area contributed by atoms with E-state index in [1.54, 1.807) is 12.1 Å². The van der Waals surface area contributed by atoms with Gasteiger partial charge in [0.05, 0.1) is 6.61 Å². The van der Waals surface area contributed by atoms with Gasteiger partial charge in [0.25, 0.3) is 0 Å². The van der Waals surface area contributed by atoms with Crippen LogP contribution in [0.3, 0.4) is 0 Å². The van der Waals surface area contributed by atoms with Gasteiger partial charge in [0.1, 0.15) is 5.58 Å². The zero-order valence-corrected chi connectivity index (χ0v) is 12.4. The van der Waals surface area contributed by atoms with Crippen LogP contribution in [0.4, 0.5) is 0 Å². The predicted molar refractivity (Wildman–Crippen MR) is 80.5 cm³/mol. The lowest BCUT2D eigenvalue weighted by atomic mass is 10.1. The number of carboxylic acids is 1. The van der Waals surface area contributed by atoms with E-state index in [-0.39, 0.29) is 5.76 Å². The van der Waals surface area contributed by atoms with Crippen LogP contribution in [0, 0.1) is 5.92 Å². The van der Waals surface area contributed by atoms with E-state index in [4.69, 9.17) is 14.3 Å². The monoisotopic (exact) mass is 291 g/mol. The summed E-state index contributed by atoms with van der Waals surface area (Å²) in [6.45, 7) is 7.22. The highest BCUT2D eigenvalue weighted by Crippen LogP contribution is 2.20. The van der Waals surface area contributed by atoms with Gasteiger partial charge in [-0.15, -0.1) is 0 Å². The number of carboxylic acid groups (broad SMARTS) is 1. The Bertz CT molecular complexity index is 603. The summed E-state index contributed by atoms with van der Waals surface area (Å²) in [5.74, 6) is -0.526. The number of aromatic carboxylic acids is 1. The standard InChI is InChI=1S/C16H21NO4/c1-11(2)10-20-6-5-17-9-12-3-4-14-13(7-12)8-15(21-14)16(18)19/h3-4,7-8,11,17H,5-6,9-10H2,1-2H3,(H,18,19). The Balaban J connectivity index is 1.84. The molecule has 1 heterocycles. The molecular weight excluding hydrogens is 270 g/mol. The lowest BCUT2D eigenvalue weighted by Gasteiger charge is -2.08. The Morgan fingerprint density at radius 3 is 2.90 bits per heavy atom. The number of hydrogen-bond donors (Lipinski definition) is 2. The molecule has 1 aromatic heterocycles. The average Bonchev–Trinajstić information content (AvgIpc) is 2.85. The second-order valence-corrected chi connectivity index (χ2v) is 5.43. The van der Waals surface area contributed by atoms with Gasteiger partial charge in [-0.3, -0.25) is 0 Å². The zero-order chi connectivity index (χ0) is 15.2. The van der Waals surface area contributed by atoms with Crippen molar-refractivity contribution in [1.82, 2.24) is 5.32 Å². The highest BCUT2D eigenvalue weighted by atomic mass is 16.5. The molecule has 0 amide bonds. The molecular formula is C16H21NO4. The van der Waals surface area contributed by atoms with Gasteiger partial charge in [0.2, 0.25) is 5.76 Å². The normalized spacial score (nSPS) is 11.4. The molecule has 0 aliphatic heterocycles. The SMILES string of the molecule is CC(C)COCCNCc1ccc2oc(C(=O)O)cc2c1. The first-order valence-electron chi connectivity index (χ1n) is 7.10. The smallest absolute Gasteiger partial charge is 0.371 e. The van der Waals surface area contributed by atoms with Gasteiger partial charge in [-0.25, -0.2) is 4.79 Å². The summed E-state index contributed by atoms with van der Waals surface area (Å²) >= 11 is 0. The van der Waals surface area contributed by atoms with Crippen LogP contribution in [0.15, 0.2) is 28.7 Å². The second-order valence-electron chi connectivity index (χ2n) is 5.43. The summed E-state index contributed by atoms with van der Waals surface area (Å²) in [5, 5.41) is 13.0. The number of benzene rings is 1. The summed E-state index contributed by atoms with van der Waals surface area (Å²) in [6.07, 6.45) is 0. The lowest BCUT2D eigenvalue weighted by Crippen LogP contribution is -2.20. The summed E-state index contributed by atoms with van der Waals surface area (Å²) in [4.78, 5) is 10.9. The number of rotatable bonds is 8. The first-order valence-corrected chi connectivity index (χ1v) is 7.10. The Hall–Kier alpha value is -1.85. The molecule has 5 heteroatoms. The maximum Gasteiger partial charge on any atom is 0.371 e. The van der Waals surface area contributed by atoms with Crippen LogP contribution in [-0.2, 0) is 11.3 Å². The zero-order valence-electron chi connectivity index (χ0n) is 12.4. The van der Waals surface area contributed by atoms with E-state index in [9.17, 15) is 4.79 Å². The summed E-state index contributed by atoms with van der Waals surface area (Å²) in [7, 11) is 0. The molecule has 0 fully saturated rings. The number of carbonyl (C=O) groups is 1. The van der Waals surface area contributed by atoms with Crippen LogP contribution >= 0.6 is 0 Å². The number of ether oxygens (including phenoxy) is 1. The van der Waals surface area contributed by atoms with Crippen LogP contribution in [0.25, 0.3) is 11.0 Å². The molecule has 0 radical (unpaired) electrons. The molecule has 0 unspecified atom stereocenters. The van der Waals surface area contributed by atoms with Crippen molar-refractivity contribution in [2.45, 2.75) is 20.4 Å². The van der Waals surface area contributed by atoms with Crippen LogP contribution in [0.5, 0.6) is 0 Å². The third-order valence-corrected chi connectivity index (χ3v) is 2.99. The largest absolute Gasteiger partial charge is 0.475 e. The third-order valence-electron chi connectivity index (χ3n) is 2.99. The first kappa shape index (κ1) is 15.5. The maximum atomic E-state index is 10.9. The fourth-order valence-electron chi connectivity index (χ4n) is 2.00. The van der Waals surface area contributed by atoms with Crippen LogP contribution in [0.1, 0.15) is 30.0 Å². The van der Waals surface area contributed by atoms with Crippen molar-refractivity contribution >= 4 is 16.9 Å². The van der Waals surface area contributed by atoms with Crippen molar-refractivity contribution < 1.29 is 19.1 Å². The first-order chi connectivity index (χ1) is 10.1. The van der Waals surface area contributed by atoms with E-state index in [0.717, 1.165) is 24.1 Å². The molecule has 5 nitrogen and oxygen atoms in total. The van der Waals surface area contributed by atoms with Crippen LogP contribution < -0.4 is 5.32 Å². The molecule has 0 bridgehead atoms. The van der Waals surface area contributed by atoms with E-state index >= 15 is 0 Å². The molecule has 0 saturated carbocycles. The van der Waals surface area contributed by atoms with E-state index in [2.05, 4.69) is 19.2 Å². The average molecular weight is 291 g/mol. The molecule has 0 saturated heterocycles. The summed E-state index contributed by atoms with van der Waals surface area (Å²) in [6, 6.07) is 7.22. The molecule has 2 rings (SSSR count). The van der Waals surface area contributed by atoms with Crippen molar-refractivity contribution in [1.29, 1.82) is 0 Å². The minimum atomic E-state index is -1.05. The van der Waals surface area contributed by atoms with Gasteiger partial charge in [-0.2, -0.15) is 0 Å². The molecule has 2 aromatic rings. The number of nitrogens with one attached hydrogen (secondary N) is 1. The van der Waals surface area contributed by atoms with Crippen molar-refractivity contribution in [3.05, 3.63) is 35.6 Å². The molecule has 114 valence electrons. The summed E-state index contributed by atoms with van der Waals surface area (Å²) in [5.41, 5.74) is 1.68. The highest BCUT2D eigenvalue weighted by molar-refractivity contribution is 5.91. The lowest BCUT2D eigenvalue weighted by molar-refractivity contribution is 0.0665. The summed E-state index contributed by atoms with van der Waals surface area (Å²) < 4.78 is 10.7. The van der Waals surface area contributed by atoms with Crippen molar-refractivity contribution in [2.24, 2.45) is 5.92 Å². The van der Waals surface area contributed by atoms with Gasteiger partial charge in [-0.1, -0.05) is 19.9 Å². The van der Waals surface area contributed by atoms with Gasteiger partial charge < -0.3 is 19.6 Å². The Labute approximate surface area is 123 Å². The van der Waals surface area contributed by atoms with Gasteiger partial charge in [-0.05, 0) is 29.7 Å². The molecule has 0 aliphatic carbocycles. The molecule has 1 aromatic carbocycles. The van der Waals surface area contributed by atoms with Gasteiger partial charge >= 0.3 is 5.97 Å². The number of furan rings is 1. The number of hydrogen-bond acceptors (Lipinski definition) is 4. The molecule has 0 atom stereocenters. The minimum Gasteiger partial charge on any atom is -0.475 e. The molecule has 21 heavy (non-hydrogen) atoms. The molecule has 0 spiro atoms. The van der Waals surface area contributed by atoms with E-state index in [1.165, 1.54) is 0 Å². The number of fused-ring (bicyclic) bond motifs is 1. The Kier molecular flexibility index (Phi) is 5.36. The minimum absolute atomic E-state index is 0.0304. The van der Waals surface area contributed by atoms with Gasteiger partial charge in [0, 0.05) is 25.1 Å². The fraction of sp³-hybridized carbons (Fsp3) is 0.438. The maximum absolute atomic E-state index is 10.9. The van der Waals surface area contributed by atoms with Crippen LogP contribution in [-0.4, -0.2) is 30.8 Å². The van der Waals surface area contributed by atoms with Crippen molar-refractivity contribution in [3.63, 3.8) is 0 Å². The van der Waals surface area contributed by atoms with Crippen molar-refractivity contribution in [2.75, 3.05) is 19.8 Å². The van der Waals surface area contributed by atoms with E-state index in [0.29, 0.717) is 24.7 Å². The Morgan fingerprint density at radius 1 is 1.38 bits per heavy atom. The van der Waals surface area contributed by atoms with Crippen molar-refractivity contribution in [3.8, 4) is 0 Å². The van der Waals surface area contributed by atoms with E-state index < -0.39 is 5.97 Å². The van der Waals surface area contributed by atoms with E-state index in [1.807, 2.05) is 12.1 Å². The second kappa shape index (κ2) is 7.24. The Morgan fingerprint density at radius 2 is 2.19 bits per heavy atom. The quantitative estimate of drug-likeness (QED) is 0.732. The highest BCUT2D eigenvalue weighted by Gasteiger charge is 2.10.